The maximum absolute atomic E-state index is 12.2. The predicted octanol–water partition coefficient (Wildman–Crippen LogP) is 1.67. The molecule has 22 heavy (non-hydrogen) atoms. The third-order valence-corrected chi connectivity index (χ3v) is 4.76. The number of carbonyl (C=O) groups excluding carboxylic acids is 1. The van der Waals surface area contributed by atoms with Crippen LogP contribution in [0.1, 0.15) is 33.6 Å². The number of sulfonamides is 1. The Morgan fingerprint density at radius 3 is 2.32 bits per heavy atom. The molecular formula is C15H24N2O4S. The van der Waals surface area contributed by atoms with Crippen molar-refractivity contribution in [1.29, 1.82) is 0 Å². The lowest BCUT2D eigenvalue weighted by atomic mass is 10.2. The standard InChI is InChI=1S/C15H24N2O4S/c1-5-6-11(2)16-15(18)12(3)17-22(19,20)14-9-7-13(21-4)8-10-14/h7-12,17H,5-6H2,1-4H3,(H,16,18)/t11-,12-/m0/s1. The molecule has 0 fully saturated rings. The lowest BCUT2D eigenvalue weighted by Gasteiger charge is -2.18. The van der Waals surface area contributed by atoms with Crippen LogP contribution in [-0.2, 0) is 14.8 Å². The lowest BCUT2D eigenvalue weighted by molar-refractivity contribution is -0.123. The van der Waals surface area contributed by atoms with Crippen LogP contribution in [0.15, 0.2) is 29.2 Å². The monoisotopic (exact) mass is 328 g/mol. The molecule has 0 spiro atoms. The third kappa shape index (κ3) is 5.31. The Balaban J connectivity index is 2.72. The highest BCUT2D eigenvalue weighted by molar-refractivity contribution is 7.89. The van der Waals surface area contributed by atoms with Crippen molar-refractivity contribution in [3.8, 4) is 5.75 Å². The largest absolute Gasteiger partial charge is 0.497 e. The highest BCUT2D eigenvalue weighted by Gasteiger charge is 2.22. The molecule has 0 bridgehead atoms. The number of hydrogen-bond donors (Lipinski definition) is 2. The van der Waals surface area contributed by atoms with Gasteiger partial charge in [-0.2, -0.15) is 4.72 Å². The molecule has 0 aliphatic carbocycles. The summed E-state index contributed by atoms with van der Waals surface area (Å²) in [5.74, 6) is 0.233. The number of carbonyl (C=O) groups is 1. The maximum Gasteiger partial charge on any atom is 0.241 e. The van der Waals surface area contributed by atoms with E-state index in [1.807, 2.05) is 13.8 Å². The van der Waals surface area contributed by atoms with Gasteiger partial charge in [-0.15, -0.1) is 0 Å². The zero-order valence-corrected chi connectivity index (χ0v) is 14.2. The van der Waals surface area contributed by atoms with E-state index < -0.39 is 16.1 Å². The van der Waals surface area contributed by atoms with Crippen LogP contribution in [0.4, 0.5) is 0 Å². The summed E-state index contributed by atoms with van der Waals surface area (Å²) in [7, 11) is -2.24. The molecule has 1 rings (SSSR count). The minimum atomic E-state index is -3.74. The van der Waals surface area contributed by atoms with Crippen LogP contribution in [0.2, 0.25) is 0 Å². The maximum atomic E-state index is 12.2. The van der Waals surface area contributed by atoms with Gasteiger partial charge in [0.1, 0.15) is 5.75 Å². The van der Waals surface area contributed by atoms with Crippen LogP contribution >= 0.6 is 0 Å². The minimum absolute atomic E-state index is 0.0189. The van der Waals surface area contributed by atoms with Crippen molar-refractivity contribution in [1.82, 2.24) is 10.0 Å². The zero-order valence-electron chi connectivity index (χ0n) is 13.4. The number of nitrogens with one attached hydrogen (secondary N) is 2. The summed E-state index contributed by atoms with van der Waals surface area (Å²) in [4.78, 5) is 12.1. The first-order valence-corrected chi connectivity index (χ1v) is 8.75. The second-order valence-corrected chi connectivity index (χ2v) is 6.93. The van der Waals surface area contributed by atoms with Gasteiger partial charge in [0, 0.05) is 6.04 Å². The molecule has 7 heteroatoms. The molecular weight excluding hydrogens is 304 g/mol. The lowest BCUT2D eigenvalue weighted by Crippen LogP contribution is -2.47. The first kappa shape index (κ1) is 18.4. The number of methoxy groups -OCH3 is 1. The zero-order chi connectivity index (χ0) is 16.8. The van der Waals surface area contributed by atoms with Gasteiger partial charge in [0.05, 0.1) is 18.0 Å². The molecule has 2 atom stereocenters. The van der Waals surface area contributed by atoms with Crippen molar-refractivity contribution in [2.75, 3.05) is 7.11 Å². The summed E-state index contributed by atoms with van der Waals surface area (Å²) in [6.07, 6.45) is 1.80. The second kappa shape index (κ2) is 8.14. The van der Waals surface area contributed by atoms with E-state index >= 15 is 0 Å². The van der Waals surface area contributed by atoms with E-state index in [1.165, 1.54) is 26.2 Å². The van der Waals surface area contributed by atoms with Crippen LogP contribution in [0.25, 0.3) is 0 Å². The number of ether oxygens (including phenoxy) is 1. The summed E-state index contributed by atoms with van der Waals surface area (Å²) in [6.45, 7) is 5.44. The highest BCUT2D eigenvalue weighted by Crippen LogP contribution is 2.15. The highest BCUT2D eigenvalue weighted by atomic mass is 32.2. The first-order chi connectivity index (χ1) is 10.3. The molecule has 1 amide bonds. The topological polar surface area (TPSA) is 84.5 Å². The van der Waals surface area contributed by atoms with Gasteiger partial charge in [-0.05, 0) is 44.5 Å². The van der Waals surface area contributed by atoms with Crippen LogP contribution in [0, 0.1) is 0 Å². The van der Waals surface area contributed by atoms with E-state index in [0.717, 1.165) is 12.8 Å². The van der Waals surface area contributed by atoms with Gasteiger partial charge in [0.2, 0.25) is 15.9 Å². The summed E-state index contributed by atoms with van der Waals surface area (Å²) >= 11 is 0. The Labute approximate surface area is 132 Å². The van der Waals surface area contributed by atoms with Gasteiger partial charge >= 0.3 is 0 Å². The van der Waals surface area contributed by atoms with Crippen LogP contribution in [0.5, 0.6) is 5.75 Å². The smallest absolute Gasteiger partial charge is 0.241 e. The average Bonchev–Trinajstić information content (AvgIpc) is 2.47. The van der Waals surface area contributed by atoms with E-state index in [0.29, 0.717) is 5.75 Å². The summed E-state index contributed by atoms with van der Waals surface area (Å²) < 4.78 is 31.8. The van der Waals surface area contributed by atoms with Gasteiger partial charge in [-0.1, -0.05) is 13.3 Å². The van der Waals surface area contributed by atoms with Gasteiger partial charge in [0.15, 0.2) is 0 Å². The van der Waals surface area contributed by atoms with Crippen molar-refractivity contribution < 1.29 is 17.9 Å². The van der Waals surface area contributed by atoms with Gasteiger partial charge < -0.3 is 10.1 Å². The van der Waals surface area contributed by atoms with E-state index in [4.69, 9.17) is 4.74 Å². The van der Waals surface area contributed by atoms with E-state index in [2.05, 4.69) is 10.0 Å². The third-order valence-electron chi connectivity index (χ3n) is 3.21. The molecule has 0 radical (unpaired) electrons. The average molecular weight is 328 g/mol. The fraction of sp³-hybridized carbons (Fsp3) is 0.533. The molecule has 2 N–H and O–H groups in total. The fourth-order valence-electron chi connectivity index (χ4n) is 1.98. The number of rotatable bonds is 8. The van der Waals surface area contributed by atoms with Crippen LogP contribution in [-0.4, -0.2) is 33.5 Å². The van der Waals surface area contributed by atoms with Crippen molar-refractivity contribution in [2.24, 2.45) is 0 Å². The van der Waals surface area contributed by atoms with E-state index in [9.17, 15) is 13.2 Å². The predicted molar refractivity (Wildman–Crippen MR) is 85.3 cm³/mol. The Bertz CT molecular complexity index is 584. The van der Waals surface area contributed by atoms with Crippen molar-refractivity contribution in [3.05, 3.63) is 24.3 Å². The molecule has 6 nitrogen and oxygen atoms in total. The van der Waals surface area contributed by atoms with Crippen LogP contribution in [0.3, 0.4) is 0 Å². The molecule has 0 aliphatic rings. The molecule has 1 aromatic rings. The molecule has 1 aromatic carbocycles. The van der Waals surface area contributed by atoms with Crippen molar-refractivity contribution in [2.45, 2.75) is 50.6 Å². The summed E-state index contributed by atoms with van der Waals surface area (Å²) in [5, 5.41) is 2.79. The number of hydrogen-bond acceptors (Lipinski definition) is 4. The van der Waals surface area contributed by atoms with E-state index in [1.54, 1.807) is 12.1 Å². The minimum Gasteiger partial charge on any atom is -0.497 e. The second-order valence-electron chi connectivity index (χ2n) is 5.22. The van der Waals surface area contributed by atoms with E-state index in [-0.39, 0.29) is 16.8 Å². The van der Waals surface area contributed by atoms with Gasteiger partial charge in [-0.25, -0.2) is 8.42 Å². The summed E-state index contributed by atoms with van der Waals surface area (Å²) in [6, 6.07) is 5.17. The molecule has 0 unspecified atom stereocenters. The number of amides is 1. The summed E-state index contributed by atoms with van der Waals surface area (Å²) in [5.41, 5.74) is 0. The normalized spacial score (nSPS) is 14.2. The fourth-order valence-corrected chi connectivity index (χ4v) is 3.19. The van der Waals surface area contributed by atoms with Gasteiger partial charge in [-0.3, -0.25) is 4.79 Å². The number of benzene rings is 1. The molecule has 0 heterocycles. The Morgan fingerprint density at radius 1 is 1.23 bits per heavy atom. The molecule has 0 aromatic heterocycles. The Hall–Kier alpha value is -1.60. The Morgan fingerprint density at radius 2 is 1.82 bits per heavy atom. The van der Waals surface area contributed by atoms with Gasteiger partial charge in [0.25, 0.3) is 0 Å². The molecule has 0 aliphatic heterocycles. The van der Waals surface area contributed by atoms with Crippen molar-refractivity contribution >= 4 is 15.9 Å². The quantitative estimate of drug-likeness (QED) is 0.760. The first-order valence-electron chi connectivity index (χ1n) is 7.27. The Kier molecular flexibility index (Phi) is 6.83. The van der Waals surface area contributed by atoms with Crippen molar-refractivity contribution in [3.63, 3.8) is 0 Å². The molecule has 0 saturated heterocycles. The molecule has 124 valence electrons. The molecule has 0 saturated carbocycles. The van der Waals surface area contributed by atoms with Crippen LogP contribution < -0.4 is 14.8 Å². The SMILES string of the molecule is CCC[C@H](C)NC(=O)[C@H](C)NS(=O)(=O)c1ccc(OC)cc1.